The van der Waals surface area contributed by atoms with E-state index in [4.69, 9.17) is 9.84 Å². The van der Waals surface area contributed by atoms with E-state index in [2.05, 4.69) is 11.9 Å². The van der Waals surface area contributed by atoms with E-state index in [1.54, 1.807) is 6.08 Å². The van der Waals surface area contributed by atoms with Gasteiger partial charge < -0.3 is 15.2 Å². The number of benzene rings is 1. The van der Waals surface area contributed by atoms with Crippen LogP contribution in [0.25, 0.3) is 0 Å². The van der Waals surface area contributed by atoms with Gasteiger partial charge in [0, 0.05) is 5.69 Å². The van der Waals surface area contributed by atoms with Crippen LogP contribution in [0.1, 0.15) is 0 Å². The first-order chi connectivity index (χ1) is 7.36. The topological polar surface area (TPSA) is 41.5 Å². The van der Waals surface area contributed by atoms with Crippen LogP contribution in [0.3, 0.4) is 0 Å². The summed E-state index contributed by atoms with van der Waals surface area (Å²) >= 11 is 0. The highest BCUT2D eigenvalue weighted by molar-refractivity contribution is 5.43. The third-order valence-electron chi connectivity index (χ3n) is 1.92. The Morgan fingerprint density at radius 2 is 2.13 bits per heavy atom. The van der Waals surface area contributed by atoms with Crippen LogP contribution in [0.5, 0.6) is 0 Å². The molecule has 0 heterocycles. The predicted molar refractivity (Wildman–Crippen MR) is 62.0 cm³/mol. The molecule has 0 saturated heterocycles. The van der Waals surface area contributed by atoms with E-state index in [0.717, 1.165) is 5.69 Å². The van der Waals surface area contributed by atoms with Crippen LogP contribution in [-0.4, -0.2) is 31.0 Å². The lowest BCUT2D eigenvalue weighted by molar-refractivity contribution is 0.128. The standard InChI is InChI=1S/C12H17NO2/c1-2-8-15-10-12(9-14)13-11-6-4-3-5-7-11/h2-7,12-14H,1,8-10H2. The van der Waals surface area contributed by atoms with Gasteiger partial charge >= 0.3 is 0 Å². The summed E-state index contributed by atoms with van der Waals surface area (Å²) in [4.78, 5) is 0. The first-order valence-electron chi connectivity index (χ1n) is 4.98. The molecule has 1 unspecified atom stereocenters. The fraction of sp³-hybridized carbons (Fsp3) is 0.333. The maximum Gasteiger partial charge on any atom is 0.0726 e. The molecule has 0 saturated carbocycles. The van der Waals surface area contributed by atoms with Gasteiger partial charge in [0.1, 0.15) is 0 Å². The fourth-order valence-electron chi connectivity index (χ4n) is 1.20. The van der Waals surface area contributed by atoms with E-state index in [9.17, 15) is 0 Å². The minimum Gasteiger partial charge on any atom is -0.394 e. The number of hydrogen-bond acceptors (Lipinski definition) is 3. The molecule has 0 aliphatic rings. The Hall–Kier alpha value is -1.32. The van der Waals surface area contributed by atoms with Crippen molar-refractivity contribution >= 4 is 5.69 Å². The third kappa shape index (κ3) is 4.63. The maximum absolute atomic E-state index is 9.12. The predicted octanol–water partition coefficient (Wildman–Crippen LogP) is 1.66. The number of ether oxygens (including phenoxy) is 1. The van der Waals surface area contributed by atoms with Crippen LogP contribution in [0.4, 0.5) is 5.69 Å². The molecule has 1 rings (SSSR count). The van der Waals surface area contributed by atoms with Gasteiger partial charge in [-0.05, 0) is 12.1 Å². The van der Waals surface area contributed by atoms with Gasteiger partial charge in [0.2, 0.25) is 0 Å². The Morgan fingerprint density at radius 3 is 2.73 bits per heavy atom. The van der Waals surface area contributed by atoms with Crippen LogP contribution in [0, 0.1) is 0 Å². The number of anilines is 1. The van der Waals surface area contributed by atoms with E-state index in [-0.39, 0.29) is 12.6 Å². The number of aliphatic hydroxyl groups is 1. The van der Waals surface area contributed by atoms with Gasteiger partial charge in [-0.15, -0.1) is 6.58 Å². The van der Waals surface area contributed by atoms with Crippen LogP contribution >= 0.6 is 0 Å². The molecule has 0 bridgehead atoms. The molecule has 82 valence electrons. The number of para-hydroxylation sites is 1. The summed E-state index contributed by atoms with van der Waals surface area (Å²) < 4.78 is 5.27. The molecule has 0 fully saturated rings. The molecular formula is C12H17NO2. The highest BCUT2D eigenvalue weighted by atomic mass is 16.5. The Kier molecular flexibility index (Phi) is 5.51. The lowest BCUT2D eigenvalue weighted by Crippen LogP contribution is -2.29. The van der Waals surface area contributed by atoms with Crippen LogP contribution in [0.2, 0.25) is 0 Å². The molecule has 0 spiro atoms. The average Bonchev–Trinajstić information content (AvgIpc) is 2.29. The van der Waals surface area contributed by atoms with Crippen molar-refractivity contribution in [2.24, 2.45) is 0 Å². The van der Waals surface area contributed by atoms with Crippen LogP contribution < -0.4 is 5.32 Å². The molecule has 0 aliphatic heterocycles. The van der Waals surface area contributed by atoms with E-state index < -0.39 is 0 Å². The number of hydrogen-bond donors (Lipinski definition) is 2. The summed E-state index contributed by atoms with van der Waals surface area (Å²) in [5.74, 6) is 0. The zero-order chi connectivity index (χ0) is 10.9. The molecular weight excluding hydrogens is 190 g/mol. The molecule has 0 aliphatic carbocycles. The summed E-state index contributed by atoms with van der Waals surface area (Å²) in [6.45, 7) is 4.58. The van der Waals surface area contributed by atoms with E-state index >= 15 is 0 Å². The zero-order valence-electron chi connectivity index (χ0n) is 8.73. The van der Waals surface area contributed by atoms with Gasteiger partial charge in [-0.2, -0.15) is 0 Å². The van der Waals surface area contributed by atoms with Crippen molar-refractivity contribution in [3.8, 4) is 0 Å². The molecule has 3 nitrogen and oxygen atoms in total. The molecule has 0 radical (unpaired) electrons. The smallest absolute Gasteiger partial charge is 0.0726 e. The van der Waals surface area contributed by atoms with Crippen molar-refractivity contribution in [1.82, 2.24) is 0 Å². The van der Waals surface area contributed by atoms with Gasteiger partial charge in [-0.1, -0.05) is 24.3 Å². The Bertz CT molecular complexity index is 274. The maximum atomic E-state index is 9.12. The Balaban J connectivity index is 2.36. The molecule has 1 aromatic rings. The van der Waals surface area contributed by atoms with Gasteiger partial charge in [0.05, 0.1) is 25.9 Å². The first kappa shape index (κ1) is 11.8. The quantitative estimate of drug-likeness (QED) is 0.528. The highest BCUT2D eigenvalue weighted by Gasteiger charge is 2.06. The second kappa shape index (κ2) is 7.04. The number of aliphatic hydroxyl groups excluding tert-OH is 1. The molecule has 0 amide bonds. The second-order valence-corrected chi connectivity index (χ2v) is 3.22. The van der Waals surface area contributed by atoms with Crippen molar-refractivity contribution in [3.63, 3.8) is 0 Å². The van der Waals surface area contributed by atoms with E-state index in [1.807, 2.05) is 30.3 Å². The van der Waals surface area contributed by atoms with Gasteiger partial charge in [0.15, 0.2) is 0 Å². The Labute approximate surface area is 90.4 Å². The SMILES string of the molecule is C=CCOCC(CO)Nc1ccccc1. The van der Waals surface area contributed by atoms with Crippen LogP contribution in [-0.2, 0) is 4.74 Å². The second-order valence-electron chi connectivity index (χ2n) is 3.22. The lowest BCUT2D eigenvalue weighted by atomic mass is 10.2. The molecule has 1 atom stereocenters. The molecule has 15 heavy (non-hydrogen) atoms. The molecule has 0 aromatic heterocycles. The Morgan fingerprint density at radius 1 is 1.40 bits per heavy atom. The first-order valence-corrected chi connectivity index (χ1v) is 4.98. The minimum absolute atomic E-state index is 0.0477. The summed E-state index contributed by atoms with van der Waals surface area (Å²) in [6.07, 6.45) is 1.69. The summed E-state index contributed by atoms with van der Waals surface area (Å²) in [5.41, 5.74) is 0.985. The largest absolute Gasteiger partial charge is 0.394 e. The van der Waals surface area contributed by atoms with Crippen molar-refractivity contribution in [2.45, 2.75) is 6.04 Å². The van der Waals surface area contributed by atoms with Crippen LogP contribution in [0.15, 0.2) is 43.0 Å². The van der Waals surface area contributed by atoms with Crippen molar-refractivity contribution in [1.29, 1.82) is 0 Å². The summed E-state index contributed by atoms with van der Waals surface area (Å²) in [5, 5.41) is 12.3. The normalized spacial score (nSPS) is 12.1. The molecule has 1 aromatic carbocycles. The minimum atomic E-state index is -0.0765. The van der Waals surface area contributed by atoms with E-state index in [0.29, 0.717) is 13.2 Å². The summed E-state index contributed by atoms with van der Waals surface area (Å²) in [6, 6.07) is 9.68. The fourth-order valence-corrected chi connectivity index (χ4v) is 1.20. The monoisotopic (exact) mass is 207 g/mol. The van der Waals surface area contributed by atoms with E-state index in [1.165, 1.54) is 0 Å². The van der Waals surface area contributed by atoms with Gasteiger partial charge in [0.25, 0.3) is 0 Å². The van der Waals surface area contributed by atoms with Crippen molar-refractivity contribution in [2.75, 3.05) is 25.1 Å². The lowest BCUT2D eigenvalue weighted by Gasteiger charge is -2.17. The number of rotatable bonds is 7. The highest BCUT2D eigenvalue weighted by Crippen LogP contribution is 2.06. The molecule has 3 heteroatoms. The number of nitrogens with one attached hydrogen (secondary N) is 1. The molecule has 2 N–H and O–H groups in total. The third-order valence-corrected chi connectivity index (χ3v) is 1.92. The van der Waals surface area contributed by atoms with Gasteiger partial charge in [-0.3, -0.25) is 0 Å². The average molecular weight is 207 g/mol. The van der Waals surface area contributed by atoms with Gasteiger partial charge in [-0.25, -0.2) is 0 Å². The zero-order valence-corrected chi connectivity index (χ0v) is 8.73. The van der Waals surface area contributed by atoms with Crippen molar-refractivity contribution in [3.05, 3.63) is 43.0 Å². The van der Waals surface area contributed by atoms with Crippen molar-refractivity contribution < 1.29 is 9.84 Å². The summed E-state index contributed by atoms with van der Waals surface area (Å²) in [7, 11) is 0.